The van der Waals surface area contributed by atoms with E-state index in [1.54, 1.807) is 7.11 Å². The first kappa shape index (κ1) is 19.2. The van der Waals surface area contributed by atoms with Crippen LogP contribution in [-0.4, -0.2) is 63.7 Å². The van der Waals surface area contributed by atoms with Crippen LogP contribution in [0.15, 0.2) is 24.3 Å². The molecule has 0 aliphatic carbocycles. The van der Waals surface area contributed by atoms with Gasteiger partial charge >= 0.3 is 0 Å². The minimum Gasteiger partial charge on any atom is -0.383 e. The SMILES string of the molecule is COCCNC(=O)[C@H]1CC[C@@H](C)N(C(=O)c2cccc(N(C)C)c2)C1. The zero-order chi connectivity index (χ0) is 18.4. The fraction of sp³-hybridized carbons (Fsp3) is 0.579. The second-order valence-electron chi connectivity index (χ2n) is 6.81. The van der Waals surface area contributed by atoms with Crippen LogP contribution in [0.1, 0.15) is 30.1 Å². The number of hydrogen-bond donors (Lipinski definition) is 1. The zero-order valence-corrected chi connectivity index (χ0v) is 15.6. The first-order chi connectivity index (χ1) is 11.9. The molecule has 1 aliphatic rings. The Labute approximate surface area is 150 Å². The van der Waals surface area contributed by atoms with E-state index < -0.39 is 0 Å². The highest BCUT2D eigenvalue weighted by Gasteiger charge is 2.33. The quantitative estimate of drug-likeness (QED) is 0.797. The minimum absolute atomic E-state index is 0.00351. The van der Waals surface area contributed by atoms with Gasteiger partial charge in [-0.1, -0.05) is 6.07 Å². The van der Waals surface area contributed by atoms with Gasteiger partial charge in [0.1, 0.15) is 0 Å². The van der Waals surface area contributed by atoms with Crippen LogP contribution in [0.5, 0.6) is 0 Å². The summed E-state index contributed by atoms with van der Waals surface area (Å²) < 4.78 is 4.96. The first-order valence-corrected chi connectivity index (χ1v) is 8.79. The summed E-state index contributed by atoms with van der Waals surface area (Å²) in [5.41, 5.74) is 1.66. The number of nitrogens with zero attached hydrogens (tertiary/aromatic N) is 2. The van der Waals surface area contributed by atoms with E-state index in [1.165, 1.54) is 0 Å². The number of carbonyl (C=O) groups excluding carboxylic acids is 2. The van der Waals surface area contributed by atoms with Crippen molar-refractivity contribution in [1.82, 2.24) is 10.2 Å². The van der Waals surface area contributed by atoms with Gasteiger partial charge < -0.3 is 19.9 Å². The third-order valence-corrected chi connectivity index (χ3v) is 4.73. The molecule has 1 aliphatic heterocycles. The number of piperidine rings is 1. The van der Waals surface area contributed by atoms with Crippen molar-refractivity contribution >= 4 is 17.5 Å². The lowest BCUT2D eigenvalue weighted by atomic mass is 9.92. The van der Waals surface area contributed by atoms with Crippen LogP contribution in [-0.2, 0) is 9.53 Å². The standard InChI is InChI=1S/C19H29N3O3/c1-14-8-9-16(18(23)20-10-11-25-4)13-22(14)19(24)15-6-5-7-17(12-15)21(2)3/h5-7,12,14,16H,8-11,13H2,1-4H3,(H,20,23)/t14-,16+/m1/s1. The van der Waals surface area contributed by atoms with Crippen LogP contribution in [0.4, 0.5) is 5.69 Å². The van der Waals surface area contributed by atoms with E-state index in [9.17, 15) is 9.59 Å². The molecule has 1 heterocycles. The Hall–Kier alpha value is -2.08. The maximum atomic E-state index is 13.0. The van der Waals surface area contributed by atoms with E-state index in [0.717, 1.165) is 18.5 Å². The smallest absolute Gasteiger partial charge is 0.254 e. The number of hydrogen-bond acceptors (Lipinski definition) is 4. The molecule has 1 aromatic rings. The van der Waals surface area contributed by atoms with Crippen LogP contribution in [0.25, 0.3) is 0 Å². The van der Waals surface area contributed by atoms with Crippen molar-refractivity contribution in [2.45, 2.75) is 25.8 Å². The molecule has 0 aromatic heterocycles. The number of benzene rings is 1. The fourth-order valence-electron chi connectivity index (χ4n) is 3.11. The van der Waals surface area contributed by atoms with Crippen LogP contribution >= 0.6 is 0 Å². The molecule has 2 amide bonds. The molecule has 0 saturated carbocycles. The van der Waals surface area contributed by atoms with E-state index in [4.69, 9.17) is 4.74 Å². The number of ether oxygens (including phenoxy) is 1. The maximum absolute atomic E-state index is 13.0. The van der Waals surface area contributed by atoms with Gasteiger partial charge in [0.25, 0.3) is 5.91 Å². The second-order valence-corrected chi connectivity index (χ2v) is 6.81. The van der Waals surface area contributed by atoms with Gasteiger partial charge in [-0.15, -0.1) is 0 Å². The minimum atomic E-state index is -0.158. The first-order valence-electron chi connectivity index (χ1n) is 8.79. The number of nitrogens with one attached hydrogen (secondary N) is 1. The average molecular weight is 347 g/mol. The van der Waals surface area contributed by atoms with Crippen molar-refractivity contribution in [3.8, 4) is 0 Å². The molecule has 1 aromatic carbocycles. The third-order valence-electron chi connectivity index (χ3n) is 4.73. The van der Waals surface area contributed by atoms with Gasteiger partial charge in [0.15, 0.2) is 0 Å². The molecular formula is C19H29N3O3. The van der Waals surface area contributed by atoms with Gasteiger partial charge in [-0.05, 0) is 38.0 Å². The highest BCUT2D eigenvalue weighted by Crippen LogP contribution is 2.25. The Bertz CT molecular complexity index is 603. The summed E-state index contributed by atoms with van der Waals surface area (Å²) in [5, 5.41) is 2.88. The Kier molecular flexibility index (Phi) is 6.82. The lowest BCUT2D eigenvalue weighted by molar-refractivity contribution is -0.126. The summed E-state index contributed by atoms with van der Waals surface area (Å²) in [7, 11) is 5.51. The number of rotatable bonds is 6. The van der Waals surface area contributed by atoms with Crippen molar-refractivity contribution in [1.29, 1.82) is 0 Å². The second kappa shape index (κ2) is 8.85. The highest BCUT2D eigenvalue weighted by atomic mass is 16.5. The molecule has 25 heavy (non-hydrogen) atoms. The molecule has 138 valence electrons. The summed E-state index contributed by atoms with van der Waals surface area (Å²) in [4.78, 5) is 29.1. The lowest BCUT2D eigenvalue weighted by Gasteiger charge is -2.37. The van der Waals surface area contributed by atoms with Gasteiger partial charge in [-0.2, -0.15) is 0 Å². The molecule has 0 radical (unpaired) electrons. The van der Waals surface area contributed by atoms with Crippen molar-refractivity contribution in [3.63, 3.8) is 0 Å². The van der Waals surface area contributed by atoms with Gasteiger partial charge in [0.2, 0.25) is 5.91 Å². The summed E-state index contributed by atoms with van der Waals surface area (Å²) in [6, 6.07) is 7.74. The molecule has 6 nitrogen and oxygen atoms in total. The van der Waals surface area contributed by atoms with Crippen molar-refractivity contribution in [2.75, 3.05) is 45.8 Å². The highest BCUT2D eigenvalue weighted by molar-refractivity contribution is 5.96. The Morgan fingerprint density at radius 3 is 2.76 bits per heavy atom. The molecule has 6 heteroatoms. The molecule has 1 N–H and O–H groups in total. The van der Waals surface area contributed by atoms with E-state index in [1.807, 2.05) is 55.1 Å². The molecule has 1 saturated heterocycles. The van der Waals surface area contributed by atoms with E-state index >= 15 is 0 Å². The average Bonchev–Trinajstić information content (AvgIpc) is 2.61. The van der Waals surface area contributed by atoms with E-state index in [0.29, 0.717) is 25.3 Å². The largest absolute Gasteiger partial charge is 0.383 e. The topological polar surface area (TPSA) is 61.9 Å². The molecular weight excluding hydrogens is 318 g/mol. The molecule has 2 atom stereocenters. The van der Waals surface area contributed by atoms with Crippen LogP contribution < -0.4 is 10.2 Å². The Morgan fingerprint density at radius 2 is 2.08 bits per heavy atom. The predicted octanol–water partition coefficient (Wildman–Crippen LogP) is 1.76. The third kappa shape index (κ3) is 4.95. The van der Waals surface area contributed by atoms with Crippen LogP contribution in [0, 0.1) is 5.92 Å². The number of likely N-dealkylation sites (tertiary alicyclic amines) is 1. The summed E-state index contributed by atoms with van der Waals surface area (Å²) in [6.07, 6.45) is 1.64. The summed E-state index contributed by atoms with van der Waals surface area (Å²) in [5.74, 6) is -0.163. The van der Waals surface area contributed by atoms with Gasteiger partial charge in [-0.25, -0.2) is 0 Å². The zero-order valence-electron chi connectivity index (χ0n) is 15.6. The van der Waals surface area contributed by atoms with Gasteiger partial charge in [0, 0.05) is 51.6 Å². The number of carbonyl (C=O) groups is 2. The molecule has 2 rings (SSSR count). The van der Waals surface area contributed by atoms with Crippen LogP contribution in [0.3, 0.4) is 0 Å². The van der Waals surface area contributed by atoms with Gasteiger partial charge in [-0.3, -0.25) is 9.59 Å². The Morgan fingerprint density at radius 1 is 1.32 bits per heavy atom. The molecule has 0 spiro atoms. The number of anilines is 1. The maximum Gasteiger partial charge on any atom is 0.254 e. The molecule has 0 bridgehead atoms. The monoisotopic (exact) mass is 347 g/mol. The van der Waals surface area contributed by atoms with Crippen molar-refractivity contribution in [2.24, 2.45) is 5.92 Å². The molecule has 0 unspecified atom stereocenters. The van der Waals surface area contributed by atoms with E-state index in [-0.39, 0.29) is 23.8 Å². The van der Waals surface area contributed by atoms with Crippen molar-refractivity contribution in [3.05, 3.63) is 29.8 Å². The normalized spacial score (nSPS) is 20.2. The van der Waals surface area contributed by atoms with E-state index in [2.05, 4.69) is 5.32 Å². The lowest BCUT2D eigenvalue weighted by Crippen LogP contribution is -2.49. The van der Waals surface area contributed by atoms with Crippen LogP contribution in [0.2, 0.25) is 0 Å². The Balaban J connectivity index is 2.07. The number of amides is 2. The van der Waals surface area contributed by atoms with Gasteiger partial charge in [0.05, 0.1) is 12.5 Å². The summed E-state index contributed by atoms with van der Waals surface area (Å²) in [6.45, 7) is 3.51. The summed E-state index contributed by atoms with van der Waals surface area (Å²) >= 11 is 0. The predicted molar refractivity (Wildman–Crippen MR) is 98.9 cm³/mol. The number of methoxy groups -OCH3 is 1. The van der Waals surface area contributed by atoms with Crippen molar-refractivity contribution < 1.29 is 14.3 Å². The fourth-order valence-corrected chi connectivity index (χ4v) is 3.11. The molecule has 1 fully saturated rings.